The summed E-state index contributed by atoms with van der Waals surface area (Å²) in [6.45, 7) is 3.79. The van der Waals surface area contributed by atoms with Gasteiger partial charge in [-0.1, -0.05) is 17.7 Å². The van der Waals surface area contributed by atoms with Crippen molar-refractivity contribution in [2.45, 2.75) is 13.1 Å². The third-order valence-corrected chi connectivity index (χ3v) is 4.00. The molecule has 2 heterocycles. The second-order valence-electron chi connectivity index (χ2n) is 4.48. The van der Waals surface area contributed by atoms with Gasteiger partial charge in [0.05, 0.1) is 4.34 Å². The summed E-state index contributed by atoms with van der Waals surface area (Å²) in [5, 5.41) is 3.43. The van der Waals surface area contributed by atoms with Gasteiger partial charge >= 0.3 is 0 Å². The van der Waals surface area contributed by atoms with Crippen molar-refractivity contribution in [3.05, 3.63) is 51.4 Å². The highest BCUT2D eigenvalue weighted by Crippen LogP contribution is 2.20. The van der Waals surface area contributed by atoms with Gasteiger partial charge in [0.1, 0.15) is 0 Å². The SMILES string of the molecule is CN(CCNCc1ccc(Cl)s1)Cc1cccnc1. The molecular formula is C14H18ClN3S. The molecule has 0 aliphatic rings. The van der Waals surface area contributed by atoms with Gasteiger partial charge in [0.2, 0.25) is 0 Å². The summed E-state index contributed by atoms with van der Waals surface area (Å²) in [5.41, 5.74) is 1.25. The van der Waals surface area contributed by atoms with Crippen molar-refractivity contribution >= 4 is 22.9 Å². The standard InChI is InChI=1S/C14H18ClN3S/c1-18(11-12-3-2-6-16-9-12)8-7-17-10-13-4-5-14(15)19-13/h2-6,9,17H,7-8,10-11H2,1H3. The maximum Gasteiger partial charge on any atom is 0.0931 e. The Morgan fingerprint density at radius 3 is 2.95 bits per heavy atom. The van der Waals surface area contributed by atoms with Crippen LogP contribution in [-0.4, -0.2) is 30.0 Å². The Labute approximate surface area is 123 Å². The number of halogens is 1. The molecule has 0 bridgehead atoms. The molecule has 2 rings (SSSR count). The minimum absolute atomic E-state index is 0.852. The first-order chi connectivity index (χ1) is 9.24. The normalized spacial score (nSPS) is 11.1. The topological polar surface area (TPSA) is 28.2 Å². The van der Waals surface area contributed by atoms with Crippen molar-refractivity contribution in [1.82, 2.24) is 15.2 Å². The summed E-state index contributed by atoms with van der Waals surface area (Å²) < 4.78 is 0.852. The van der Waals surface area contributed by atoms with E-state index in [1.807, 2.05) is 18.3 Å². The molecular weight excluding hydrogens is 278 g/mol. The van der Waals surface area contributed by atoms with Crippen LogP contribution in [0.1, 0.15) is 10.4 Å². The third kappa shape index (κ3) is 5.28. The monoisotopic (exact) mass is 295 g/mol. The average molecular weight is 296 g/mol. The first kappa shape index (κ1) is 14.5. The van der Waals surface area contributed by atoms with Crippen LogP contribution in [0.25, 0.3) is 0 Å². The zero-order chi connectivity index (χ0) is 13.5. The molecule has 3 nitrogen and oxygen atoms in total. The summed E-state index contributed by atoms with van der Waals surface area (Å²) in [7, 11) is 2.12. The molecule has 0 unspecified atom stereocenters. The number of pyridine rings is 1. The maximum absolute atomic E-state index is 5.89. The lowest BCUT2D eigenvalue weighted by Crippen LogP contribution is -2.28. The predicted octanol–water partition coefficient (Wildman–Crippen LogP) is 3.02. The van der Waals surface area contributed by atoms with Crippen LogP contribution in [-0.2, 0) is 13.1 Å². The molecule has 0 radical (unpaired) electrons. The van der Waals surface area contributed by atoms with E-state index in [1.165, 1.54) is 10.4 Å². The van der Waals surface area contributed by atoms with Gasteiger partial charge in [-0.3, -0.25) is 4.98 Å². The number of thiophene rings is 1. The number of aromatic nitrogens is 1. The number of rotatable bonds is 7. The van der Waals surface area contributed by atoms with Gasteiger partial charge in [-0.2, -0.15) is 0 Å². The van der Waals surface area contributed by atoms with Gasteiger partial charge in [-0.05, 0) is 30.8 Å². The highest BCUT2D eigenvalue weighted by Gasteiger charge is 2.01. The number of nitrogens with one attached hydrogen (secondary N) is 1. The van der Waals surface area contributed by atoms with Crippen LogP contribution in [0.5, 0.6) is 0 Å². The summed E-state index contributed by atoms with van der Waals surface area (Å²) >= 11 is 7.52. The van der Waals surface area contributed by atoms with Crippen molar-refractivity contribution in [2.24, 2.45) is 0 Å². The van der Waals surface area contributed by atoms with Crippen molar-refractivity contribution in [1.29, 1.82) is 0 Å². The maximum atomic E-state index is 5.89. The molecule has 19 heavy (non-hydrogen) atoms. The minimum atomic E-state index is 0.852. The molecule has 2 aromatic rings. The molecule has 1 N–H and O–H groups in total. The van der Waals surface area contributed by atoms with E-state index in [9.17, 15) is 0 Å². The van der Waals surface area contributed by atoms with Gasteiger partial charge in [0.15, 0.2) is 0 Å². The molecule has 102 valence electrons. The Kier molecular flexibility index (Phi) is 5.79. The number of likely N-dealkylation sites (N-methyl/N-ethyl adjacent to an activating group) is 1. The Morgan fingerprint density at radius 1 is 1.37 bits per heavy atom. The Bertz CT molecular complexity index is 486. The molecule has 0 aliphatic carbocycles. The largest absolute Gasteiger partial charge is 0.311 e. The van der Waals surface area contributed by atoms with Crippen LogP contribution >= 0.6 is 22.9 Å². The number of nitrogens with zero attached hydrogens (tertiary/aromatic N) is 2. The molecule has 5 heteroatoms. The number of hydrogen-bond donors (Lipinski definition) is 1. The average Bonchev–Trinajstić information content (AvgIpc) is 2.82. The summed E-state index contributed by atoms with van der Waals surface area (Å²) in [5.74, 6) is 0. The molecule has 0 saturated heterocycles. The van der Waals surface area contributed by atoms with Crippen LogP contribution in [0.4, 0.5) is 0 Å². The lowest BCUT2D eigenvalue weighted by atomic mass is 10.3. The fraction of sp³-hybridized carbons (Fsp3) is 0.357. The summed E-state index contributed by atoms with van der Waals surface area (Å²) in [6.07, 6.45) is 3.72. The van der Waals surface area contributed by atoms with Gasteiger partial charge < -0.3 is 10.2 Å². The first-order valence-electron chi connectivity index (χ1n) is 6.26. The van der Waals surface area contributed by atoms with Crippen LogP contribution in [0.3, 0.4) is 0 Å². The molecule has 0 spiro atoms. The fourth-order valence-electron chi connectivity index (χ4n) is 1.81. The minimum Gasteiger partial charge on any atom is -0.311 e. The number of hydrogen-bond acceptors (Lipinski definition) is 4. The molecule has 0 atom stereocenters. The van der Waals surface area contributed by atoms with Gasteiger partial charge in [-0.25, -0.2) is 0 Å². The van der Waals surface area contributed by atoms with Gasteiger partial charge in [0.25, 0.3) is 0 Å². The molecule has 0 amide bonds. The van der Waals surface area contributed by atoms with E-state index in [-0.39, 0.29) is 0 Å². The Morgan fingerprint density at radius 2 is 2.26 bits per heavy atom. The summed E-state index contributed by atoms with van der Waals surface area (Å²) in [6, 6.07) is 8.09. The molecule has 2 aromatic heterocycles. The zero-order valence-corrected chi connectivity index (χ0v) is 12.5. The second kappa shape index (κ2) is 7.60. The van der Waals surface area contributed by atoms with Gasteiger partial charge in [-0.15, -0.1) is 11.3 Å². The van der Waals surface area contributed by atoms with Crippen LogP contribution in [0.15, 0.2) is 36.7 Å². The van der Waals surface area contributed by atoms with Crippen LogP contribution < -0.4 is 5.32 Å². The Balaban J connectivity index is 1.63. The lowest BCUT2D eigenvalue weighted by molar-refractivity contribution is 0.324. The smallest absolute Gasteiger partial charge is 0.0931 e. The molecule has 0 aliphatic heterocycles. The third-order valence-electron chi connectivity index (χ3n) is 2.77. The van der Waals surface area contributed by atoms with Crippen molar-refractivity contribution in [3.8, 4) is 0 Å². The van der Waals surface area contributed by atoms with E-state index in [0.29, 0.717) is 0 Å². The van der Waals surface area contributed by atoms with Crippen molar-refractivity contribution in [2.75, 3.05) is 20.1 Å². The Hall–Kier alpha value is -0.940. The van der Waals surface area contributed by atoms with E-state index in [1.54, 1.807) is 17.5 Å². The highest BCUT2D eigenvalue weighted by molar-refractivity contribution is 7.16. The van der Waals surface area contributed by atoms with Crippen LogP contribution in [0, 0.1) is 0 Å². The second-order valence-corrected chi connectivity index (χ2v) is 6.28. The summed E-state index contributed by atoms with van der Waals surface area (Å²) in [4.78, 5) is 7.68. The molecule has 0 saturated carbocycles. The fourth-order valence-corrected chi connectivity index (χ4v) is 2.87. The van der Waals surface area contributed by atoms with E-state index in [4.69, 9.17) is 11.6 Å². The lowest BCUT2D eigenvalue weighted by Gasteiger charge is -2.16. The first-order valence-corrected chi connectivity index (χ1v) is 7.46. The molecule has 0 fully saturated rings. The predicted molar refractivity (Wildman–Crippen MR) is 81.6 cm³/mol. The highest BCUT2D eigenvalue weighted by atomic mass is 35.5. The zero-order valence-electron chi connectivity index (χ0n) is 11.0. The van der Waals surface area contributed by atoms with E-state index in [0.717, 1.165) is 30.5 Å². The van der Waals surface area contributed by atoms with E-state index < -0.39 is 0 Å². The van der Waals surface area contributed by atoms with E-state index >= 15 is 0 Å². The van der Waals surface area contributed by atoms with Crippen molar-refractivity contribution < 1.29 is 0 Å². The van der Waals surface area contributed by atoms with E-state index in [2.05, 4.69) is 34.4 Å². The van der Waals surface area contributed by atoms with Crippen LogP contribution in [0.2, 0.25) is 4.34 Å². The molecule has 0 aromatic carbocycles. The van der Waals surface area contributed by atoms with Gasteiger partial charge in [0, 0.05) is 43.4 Å². The van der Waals surface area contributed by atoms with Crippen molar-refractivity contribution in [3.63, 3.8) is 0 Å². The quantitative estimate of drug-likeness (QED) is 0.796.